The molecule has 0 bridgehead atoms. The number of piperidine rings is 1. The van der Waals surface area contributed by atoms with Gasteiger partial charge in [-0.3, -0.25) is 4.79 Å². The van der Waals surface area contributed by atoms with E-state index in [-0.39, 0.29) is 5.78 Å². The first-order valence-electron chi connectivity index (χ1n) is 9.09. The SMILES string of the molecule is CC(=O)c1ccc(N2CCN(S(=O)(=O)N3CCC[C@H](C)C3)CC2)c(F)c1. The van der Waals surface area contributed by atoms with Crippen molar-refractivity contribution in [1.82, 2.24) is 8.61 Å². The molecular weight excluding hydrogens is 357 g/mol. The molecule has 6 nitrogen and oxygen atoms in total. The molecule has 2 saturated heterocycles. The molecule has 0 aliphatic carbocycles. The minimum Gasteiger partial charge on any atom is -0.367 e. The number of rotatable bonds is 4. The average molecular weight is 383 g/mol. The molecule has 0 spiro atoms. The van der Waals surface area contributed by atoms with Crippen LogP contribution in [0.1, 0.15) is 37.0 Å². The first-order valence-corrected chi connectivity index (χ1v) is 10.5. The number of carbonyl (C=O) groups is 1. The standard InChI is InChI=1S/C18H26FN3O3S/c1-14-4-3-7-22(13-14)26(24,25)21-10-8-20(9-11-21)18-6-5-16(15(2)23)12-17(18)19/h5-6,12,14H,3-4,7-11,13H2,1-2H3/t14-/m0/s1. The molecule has 1 aromatic rings. The monoisotopic (exact) mass is 383 g/mol. The minimum atomic E-state index is -3.45. The highest BCUT2D eigenvalue weighted by Gasteiger charge is 2.34. The largest absolute Gasteiger partial charge is 0.367 e. The summed E-state index contributed by atoms with van der Waals surface area (Å²) in [5, 5.41) is 0. The number of hydrogen-bond donors (Lipinski definition) is 0. The van der Waals surface area contributed by atoms with Crippen molar-refractivity contribution in [2.75, 3.05) is 44.2 Å². The van der Waals surface area contributed by atoms with Gasteiger partial charge in [-0.25, -0.2) is 4.39 Å². The van der Waals surface area contributed by atoms with E-state index in [9.17, 15) is 17.6 Å². The van der Waals surface area contributed by atoms with E-state index in [4.69, 9.17) is 0 Å². The second kappa shape index (κ2) is 7.62. The summed E-state index contributed by atoms with van der Waals surface area (Å²) in [4.78, 5) is 13.2. The third-order valence-corrected chi connectivity index (χ3v) is 7.21. The summed E-state index contributed by atoms with van der Waals surface area (Å²) in [6.45, 7) is 6.16. The Balaban J connectivity index is 1.66. The Morgan fingerprint density at radius 2 is 1.81 bits per heavy atom. The lowest BCUT2D eigenvalue weighted by Crippen LogP contribution is -2.54. The molecule has 26 heavy (non-hydrogen) atoms. The Kier molecular flexibility index (Phi) is 5.64. The highest BCUT2D eigenvalue weighted by molar-refractivity contribution is 7.86. The molecule has 8 heteroatoms. The Morgan fingerprint density at radius 3 is 2.38 bits per heavy atom. The maximum Gasteiger partial charge on any atom is 0.282 e. The third kappa shape index (κ3) is 3.92. The predicted octanol–water partition coefficient (Wildman–Crippen LogP) is 2.13. The van der Waals surface area contributed by atoms with E-state index in [1.807, 2.05) is 4.90 Å². The van der Waals surface area contributed by atoms with Crippen molar-refractivity contribution in [3.63, 3.8) is 0 Å². The van der Waals surface area contributed by atoms with E-state index >= 15 is 0 Å². The number of anilines is 1. The molecule has 2 fully saturated rings. The first-order chi connectivity index (χ1) is 12.3. The average Bonchev–Trinajstić information content (AvgIpc) is 2.61. The minimum absolute atomic E-state index is 0.179. The van der Waals surface area contributed by atoms with Crippen molar-refractivity contribution in [2.45, 2.75) is 26.7 Å². The highest BCUT2D eigenvalue weighted by Crippen LogP contribution is 2.25. The van der Waals surface area contributed by atoms with Crippen LogP contribution in [0, 0.1) is 11.7 Å². The molecule has 0 saturated carbocycles. The van der Waals surface area contributed by atoms with Gasteiger partial charge in [0.2, 0.25) is 0 Å². The number of benzene rings is 1. The number of hydrogen-bond acceptors (Lipinski definition) is 4. The van der Waals surface area contributed by atoms with Gasteiger partial charge in [0.25, 0.3) is 10.2 Å². The molecule has 3 rings (SSSR count). The van der Waals surface area contributed by atoms with Crippen LogP contribution in [-0.4, -0.2) is 62.1 Å². The fourth-order valence-electron chi connectivity index (χ4n) is 3.66. The summed E-state index contributed by atoms with van der Waals surface area (Å²) in [5.74, 6) is -0.241. The number of Topliss-reactive ketones (excluding diaryl/α,β-unsaturated/α-hetero) is 1. The van der Waals surface area contributed by atoms with E-state index in [0.717, 1.165) is 12.8 Å². The van der Waals surface area contributed by atoms with E-state index in [0.29, 0.717) is 56.4 Å². The zero-order chi connectivity index (χ0) is 18.9. The first kappa shape index (κ1) is 19.3. The van der Waals surface area contributed by atoms with Crippen LogP contribution in [0.4, 0.5) is 10.1 Å². The number of halogens is 1. The van der Waals surface area contributed by atoms with Gasteiger partial charge < -0.3 is 4.90 Å². The molecule has 0 radical (unpaired) electrons. The lowest BCUT2D eigenvalue weighted by molar-refractivity contribution is 0.101. The number of nitrogens with zero attached hydrogens (tertiary/aromatic N) is 3. The van der Waals surface area contributed by atoms with Crippen molar-refractivity contribution < 1.29 is 17.6 Å². The summed E-state index contributed by atoms with van der Waals surface area (Å²) in [6, 6.07) is 4.46. The van der Waals surface area contributed by atoms with Crippen LogP contribution in [0.25, 0.3) is 0 Å². The fraction of sp³-hybridized carbons (Fsp3) is 0.611. The summed E-state index contributed by atoms with van der Waals surface area (Å²) in [7, 11) is -3.45. The predicted molar refractivity (Wildman–Crippen MR) is 99.1 cm³/mol. The zero-order valence-electron chi connectivity index (χ0n) is 15.3. The Hall–Kier alpha value is -1.51. The molecule has 1 atom stereocenters. The second-order valence-electron chi connectivity index (χ2n) is 7.22. The van der Waals surface area contributed by atoms with Gasteiger partial charge in [-0.1, -0.05) is 6.92 Å². The van der Waals surface area contributed by atoms with Crippen LogP contribution in [0.5, 0.6) is 0 Å². The van der Waals surface area contributed by atoms with Crippen LogP contribution < -0.4 is 4.90 Å². The van der Waals surface area contributed by atoms with Gasteiger partial charge in [0.05, 0.1) is 5.69 Å². The second-order valence-corrected chi connectivity index (χ2v) is 9.15. The van der Waals surface area contributed by atoms with E-state index in [2.05, 4.69) is 6.92 Å². The Bertz CT molecular complexity index is 776. The summed E-state index contributed by atoms with van der Waals surface area (Å²) >= 11 is 0. The Labute approximate surface area is 154 Å². The fourth-order valence-corrected chi connectivity index (χ4v) is 5.42. The van der Waals surface area contributed by atoms with Crippen LogP contribution in [0.15, 0.2) is 18.2 Å². The van der Waals surface area contributed by atoms with Crippen LogP contribution in [0.3, 0.4) is 0 Å². The molecule has 1 aromatic carbocycles. The van der Waals surface area contributed by atoms with Gasteiger partial charge in [0, 0.05) is 44.8 Å². The number of piperazine rings is 1. The van der Waals surface area contributed by atoms with Gasteiger partial charge in [0.15, 0.2) is 5.78 Å². The smallest absolute Gasteiger partial charge is 0.282 e. The van der Waals surface area contributed by atoms with E-state index < -0.39 is 16.0 Å². The topological polar surface area (TPSA) is 60.9 Å². The van der Waals surface area contributed by atoms with Crippen LogP contribution >= 0.6 is 0 Å². The molecule has 0 amide bonds. The van der Waals surface area contributed by atoms with Gasteiger partial charge in [0.1, 0.15) is 5.82 Å². The zero-order valence-corrected chi connectivity index (χ0v) is 16.1. The summed E-state index contributed by atoms with van der Waals surface area (Å²) < 4.78 is 43.1. The third-order valence-electron chi connectivity index (χ3n) is 5.21. The van der Waals surface area contributed by atoms with Crippen molar-refractivity contribution in [3.05, 3.63) is 29.6 Å². The molecule has 0 N–H and O–H groups in total. The van der Waals surface area contributed by atoms with Gasteiger partial charge in [-0.2, -0.15) is 17.0 Å². The van der Waals surface area contributed by atoms with Gasteiger partial charge in [-0.05, 0) is 43.9 Å². The Morgan fingerprint density at radius 1 is 1.12 bits per heavy atom. The van der Waals surface area contributed by atoms with Crippen molar-refractivity contribution >= 4 is 21.7 Å². The normalized spacial score (nSPS) is 23.2. The number of carbonyl (C=O) groups excluding carboxylic acids is 1. The highest BCUT2D eigenvalue weighted by atomic mass is 32.2. The lowest BCUT2D eigenvalue weighted by Gasteiger charge is -2.39. The van der Waals surface area contributed by atoms with Crippen LogP contribution in [0.2, 0.25) is 0 Å². The van der Waals surface area contributed by atoms with Gasteiger partial charge >= 0.3 is 0 Å². The molecule has 2 aliphatic heterocycles. The van der Waals surface area contributed by atoms with Crippen LogP contribution in [-0.2, 0) is 10.2 Å². The molecule has 0 unspecified atom stereocenters. The van der Waals surface area contributed by atoms with E-state index in [1.165, 1.54) is 17.3 Å². The molecule has 2 heterocycles. The summed E-state index contributed by atoms with van der Waals surface area (Å²) in [5.41, 5.74) is 0.755. The van der Waals surface area contributed by atoms with Crippen molar-refractivity contribution in [1.29, 1.82) is 0 Å². The van der Waals surface area contributed by atoms with Crippen molar-refractivity contribution in [3.8, 4) is 0 Å². The molecular formula is C18H26FN3O3S. The maximum atomic E-state index is 14.3. The lowest BCUT2D eigenvalue weighted by atomic mass is 10.0. The molecule has 144 valence electrons. The molecule has 0 aromatic heterocycles. The van der Waals surface area contributed by atoms with Gasteiger partial charge in [-0.15, -0.1) is 0 Å². The summed E-state index contributed by atoms with van der Waals surface area (Å²) in [6.07, 6.45) is 1.96. The quantitative estimate of drug-likeness (QED) is 0.748. The number of ketones is 1. The van der Waals surface area contributed by atoms with E-state index in [1.54, 1.807) is 16.4 Å². The van der Waals surface area contributed by atoms with Crippen molar-refractivity contribution in [2.24, 2.45) is 5.92 Å². The maximum absolute atomic E-state index is 14.3. The molecule has 2 aliphatic rings.